The third kappa shape index (κ3) is 2.56. The van der Waals surface area contributed by atoms with E-state index in [0.29, 0.717) is 24.4 Å². The lowest BCUT2D eigenvalue weighted by Gasteiger charge is -2.28. The summed E-state index contributed by atoms with van der Waals surface area (Å²) in [4.78, 5) is 26.2. The average Bonchev–Trinajstić information content (AvgIpc) is 2.94. The minimum Gasteiger partial charge on any atom is -0.481 e. The maximum atomic E-state index is 12.3. The molecule has 0 spiro atoms. The number of nitrogens with zero attached hydrogens (tertiary/aromatic N) is 1. The van der Waals surface area contributed by atoms with Gasteiger partial charge in [0.25, 0.3) is 5.91 Å². The first-order valence-corrected chi connectivity index (χ1v) is 7.76. The lowest BCUT2D eigenvalue weighted by Crippen LogP contribution is -2.40. The zero-order valence-corrected chi connectivity index (χ0v) is 13.3. The molecule has 19 heavy (non-hydrogen) atoms. The van der Waals surface area contributed by atoms with Crippen molar-refractivity contribution in [1.82, 2.24) is 4.90 Å². The summed E-state index contributed by atoms with van der Waals surface area (Å²) in [6, 6.07) is 3.61. The van der Waals surface area contributed by atoms with E-state index in [4.69, 9.17) is 0 Å². The Morgan fingerprint density at radius 3 is 2.58 bits per heavy atom. The van der Waals surface area contributed by atoms with Crippen molar-refractivity contribution < 1.29 is 14.7 Å². The minimum atomic E-state index is -0.801. The Balaban J connectivity index is 2.18. The molecule has 2 rings (SSSR count). The zero-order chi connectivity index (χ0) is 14.2. The van der Waals surface area contributed by atoms with Crippen LogP contribution in [0.3, 0.4) is 0 Å². The van der Waals surface area contributed by atoms with Crippen LogP contribution in [-0.4, -0.2) is 35.0 Å². The highest BCUT2D eigenvalue weighted by molar-refractivity contribution is 9.11. The van der Waals surface area contributed by atoms with E-state index in [-0.39, 0.29) is 11.8 Å². The van der Waals surface area contributed by atoms with Crippen LogP contribution in [0.4, 0.5) is 0 Å². The van der Waals surface area contributed by atoms with Crippen LogP contribution in [0.15, 0.2) is 15.9 Å². The molecule has 1 fully saturated rings. The van der Waals surface area contributed by atoms with E-state index in [2.05, 4.69) is 15.9 Å². The smallest absolute Gasteiger partial charge is 0.311 e. The molecule has 1 aromatic rings. The van der Waals surface area contributed by atoms with Crippen LogP contribution in [0.2, 0.25) is 0 Å². The molecule has 1 amide bonds. The second kappa shape index (κ2) is 5.25. The lowest BCUT2D eigenvalue weighted by atomic mass is 9.76. The van der Waals surface area contributed by atoms with Gasteiger partial charge < -0.3 is 10.0 Å². The molecule has 6 heteroatoms. The number of halogens is 1. The lowest BCUT2D eigenvalue weighted by molar-refractivity contribution is -0.150. The maximum absolute atomic E-state index is 12.3. The topological polar surface area (TPSA) is 57.6 Å². The highest BCUT2D eigenvalue weighted by Crippen LogP contribution is 2.39. The minimum absolute atomic E-state index is 0.0119. The molecule has 1 aromatic heterocycles. The number of rotatable bonds is 3. The number of amides is 1. The summed E-state index contributed by atoms with van der Waals surface area (Å²) in [5.74, 6) is -0.859. The summed E-state index contributed by atoms with van der Waals surface area (Å²) in [5, 5.41) is 9.47. The molecule has 1 atom stereocenters. The van der Waals surface area contributed by atoms with Crippen molar-refractivity contribution in [2.75, 3.05) is 13.1 Å². The largest absolute Gasteiger partial charge is 0.481 e. The van der Waals surface area contributed by atoms with Gasteiger partial charge >= 0.3 is 5.97 Å². The van der Waals surface area contributed by atoms with Crippen molar-refractivity contribution in [2.45, 2.75) is 20.3 Å². The summed E-state index contributed by atoms with van der Waals surface area (Å²) in [6.07, 6.45) is 0.526. The number of carbonyl (C=O) groups excluding carboxylic acids is 1. The van der Waals surface area contributed by atoms with Gasteiger partial charge in [-0.25, -0.2) is 0 Å². The Morgan fingerprint density at radius 2 is 2.16 bits per heavy atom. The highest BCUT2D eigenvalue weighted by atomic mass is 79.9. The summed E-state index contributed by atoms with van der Waals surface area (Å²) in [5.41, 5.74) is -0.801. The fourth-order valence-corrected chi connectivity index (χ4v) is 3.84. The molecule has 1 aliphatic heterocycles. The van der Waals surface area contributed by atoms with Gasteiger partial charge in [0.2, 0.25) is 0 Å². The first-order chi connectivity index (χ1) is 8.86. The standard InChI is InChI=1S/C13H16BrNO3S/c1-8(2)13(12(17)18)5-6-15(7-13)11(16)9-3-4-10(14)19-9/h3-4,8H,5-7H2,1-2H3,(H,17,18). The Hall–Kier alpha value is -0.880. The molecule has 1 unspecified atom stereocenters. The Labute approximate surface area is 124 Å². The van der Waals surface area contributed by atoms with Crippen molar-refractivity contribution in [1.29, 1.82) is 0 Å². The predicted molar refractivity (Wildman–Crippen MR) is 77.4 cm³/mol. The van der Waals surface area contributed by atoms with Crippen LogP contribution in [0.25, 0.3) is 0 Å². The van der Waals surface area contributed by atoms with Crippen LogP contribution < -0.4 is 0 Å². The Kier molecular flexibility index (Phi) is 4.01. The van der Waals surface area contributed by atoms with Crippen molar-refractivity contribution in [2.24, 2.45) is 11.3 Å². The first kappa shape index (κ1) is 14.5. The van der Waals surface area contributed by atoms with Gasteiger partial charge in [0.15, 0.2) is 0 Å². The number of aliphatic carboxylic acids is 1. The van der Waals surface area contributed by atoms with E-state index in [1.54, 1.807) is 11.0 Å². The molecule has 1 saturated heterocycles. The summed E-state index contributed by atoms with van der Waals surface area (Å²) in [7, 11) is 0. The van der Waals surface area contributed by atoms with Crippen LogP contribution in [0.5, 0.6) is 0 Å². The first-order valence-electron chi connectivity index (χ1n) is 6.15. The Morgan fingerprint density at radius 1 is 1.47 bits per heavy atom. The molecule has 0 radical (unpaired) electrons. The highest BCUT2D eigenvalue weighted by Gasteiger charge is 2.48. The molecule has 0 aromatic carbocycles. The van der Waals surface area contributed by atoms with E-state index < -0.39 is 11.4 Å². The van der Waals surface area contributed by atoms with E-state index in [1.165, 1.54) is 11.3 Å². The maximum Gasteiger partial charge on any atom is 0.311 e. The van der Waals surface area contributed by atoms with Gasteiger partial charge in [-0.1, -0.05) is 13.8 Å². The van der Waals surface area contributed by atoms with E-state index in [9.17, 15) is 14.7 Å². The molecular formula is C13H16BrNO3S. The van der Waals surface area contributed by atoms with Gasteiger partial charge in [0.05, 0.1) is 14.1 Å². The SMILES string of the molecule is CC(C)C1(C(=O)O)CCN(C(=O)c2ccc(Br)s2)C1. The van der Waals surface area contributed by atoms with Crippen molar-refractivity contribution >= 4 is 39.1 Å². The fraction of sp³-hybridized carbons (Fsp3) is 0.538. The number of carboxylic acids is 1. The molecular weight excluding hydrogens is 330 g/mol. The van der Waals surface area contributed by atoms with Crippen LogP contribution in [0.1, 0.15) is 29.9 Å². The number of likely N-dealkylation sites (tertiary alicyclic amines) is 1. The van der Waals surface area contributed by atoms with Gasteiger partial charge in [0, 0.05) is 13.1 Å². The van der Waals surface area contributed by atoms with E-state index >= 15 is 0 Å². The second-order valence-corrected chi connectivity index (χ2v) is 7.66. The van der Waals surface area contributed by atoms with Crippen LogP contribution >= 0.6 is 27.3 Å². The summed E-state index contributed by atoms with van der Waals surface area (Å²) < 4.78 is 0.906. The molecule has 1 N–H and O–H groups in total. The molecule has 1 aliphatic rings. The number of thiophene rings is 1. The number of carbonyl (C=O) groups is 2. The fourth-order valence-electron chi connectivity index (χ4n) is 2.48. The Bertz CT molecular complexity index is 514. The normalized spacial score (nSPS) is 23.1. The average molecular weight is 346 g/mol. The van der Waals surface area contributed by atoms with Crippen LogP contribution in [-0.2, 0) is 4.79 Å². The predicted octanol–water partition coefficient (Wildman–Crippen LogP) is 3.08. The van der Waals surface area contributed by atoms with Gasteiger partial charge in [-0.15, -0.1) is 11.3 Å². The molecule has 0 saturated carbocycles. The molecule has 4 nitrogen and oxygen atoms in total. The van der Waals surface area contributed by atoms with Gasteiger partial charge in [-0.3, -0.25) is 9.59 Å². The summed E-state index contributed by atoms with van der Waals surface area (Å²) in [6.45, 7) is 4.63. The van der Waals surface area contributed by atoms with E-state index in [1.807, 2.05) is 19.9 Å². The molecule has 0 aliphatic carbocycles. The van der Waals surface area contributed by atoms with Crippen molar-refractivity contribution in [3.05, 3.63) is 20.8 Å². The monoisotopic (exact) mass is 345 g/mol. The molecule has 104 valence electrons. The number of hydrogen-bond acceptors (Lipinski definition) is 3. The molecule has 0 bridgehead atoms. The zero-order valence-electron chi connectivity index (χ0n) is 10.9. The van der Waals surface area contributed by atoms with Crippen molar-refractivity contribution in [3.8, 4) is 0 Å². The second-order valence-electron chi connectivity index (χ2n) is 5.20. The summed E-state index contributed by atoms with van der Waals surface area (Å²) >= 11 is 4.71. The van der Waals surface area contributed by atoms with Gasteiger partial charge in [-0.05, 0) is 40.4 Å². The van der Waals surface area contributed by atoms with Gasteiger partial charge in [0.1, 0.15) is 0 Å². The van der Waals surface area contributed by atoms with Crippen LogP contribution in [0, 0.1) is 11.3 Å². The third-order valence-electron chi connectivity index (χ3n) is 3.90. The van der Waals surface area contributed by atoms with E-state index in [0.717, 1.165) is 3.79 Å². The quantitative estimate of drug-likeness (QED) is 0.915. The van der Waals surface area contributed by atoms with Crippen molar-refractivity contribution in [3.63, 3.8) is 0 Å². The van der Waals surface area contributed by atoms with Gasteiger partial charge in [-0.2, -0.15) is 0 Å². The number of hydrogen-bond donors (Lipinski definition) is 1. The third-order valence-corrected chi connectivity index (χ3v) is 5.51. The number of carboxylic acid groups (broad SMARTS) is 1. The molecule has 2 heterocycles.